The number of carbonyl (C=O) groups excluding carboxylic acids is 3. The Morgan fingerprint density at radius 2 is 1.39 bits per heavy atom. The maximum Gasteiger partial charge on any atom is 0.251 e. The first-order valence-electron chi connectivity index (χ1n) is 10.6. The number of phenols is 1. The van der Waals surface area contributed by atoms with E-state index in [1.807, 2.05) is 0 Å². The van der Waals surface area contributed by atoms with Crippen molar-refractivity contribution in [3.8, 4) is 5.75 Å². The van der Waals surface area contributed by atoms with Gasteiger partial charge in [0.15, 0.2) is 5.78 Å². The molecule has 168 valence electrons. The molecule has 0 aliphatic carbocycles. The summed E-state index contributed by atoms with van der Waals surface area (Å²) in [6.45, 7) is 2.79. The van der Waals surface area contributed by atoms with Gasteiger partial charge < -0.3 is 21.1 Å². The first-order valence-corrected chi connectivity index (χ1v) is 10.6. The fourth-order valence-electron chi connectivity index (χ4n) is 3.76. The van der Waals surface area contributed by atoms with Gasteiger partial charge in [0.05, 0.1) is 17.6 Å². The van der Waals surface area contributed by atoms with Crippen molar-refractivity contribution in [2.75, 3.05) is 13.1 Å². The van der Waals surface area contributed by atoms with E-state index in [0.717, 1.165) is 0 Å². The van der Waals surface area contributed by atoms with E-state index >= 15 is 0 Å². The molecular formula is C25H24N4O4. The molecule has 0 spiro atoms. The smallest absolute Gasteiger partial charge is 0.251 e. The van der Waals surface area contributed by atoms with Crippen LogP contribution in [-0.4, -0.2) is 52.9 Å². The van der Waals surface area contributed by atoms with Crippen molar-refractivity contribution in [3.63, 3.8) is 0 Å². The van der Waals surface area contributed by atoms with Crippen LogP contribution < -0.4 is 16.0 Å². The monoisotopic (exact) mass is 444 g/mol. The summed E-state index contributed by atoms with van der Waals surface area (Å²) in [5.74, 6) is -0.892. The van der Waals surface area contributed by atoms with Gasteiger partial charge in [0.2, 0.25) is 0 Å². The molecule has 0 bridgehead atoms. The summed E-state index contributed by atoms with van der Waals surface area (Å²) < 4.78 is 0. The number of nitrogens with one attached hydrogen (secondary N) is 3. The Bertz CT molecular complexity index is 1180. The van der Waals surface area contributed by atoms with E-state index in [2.05, 4.69) is 20.9 Å². The van der Waals surface area contributed by atoms with Crippen LogP contribution in [0.25, 0.3) is 0 Å². The summed E-state index contributed by atoms with van der Waals surface area (Å²) in [6.07, 6.45) is 3.10. The summed E-state index contributed by atoms with van der Waals surface area (Å²) in [4.78, 5) is 41.8. The molecule has 0 radical (unpaired) electrons. The highest BCUT2D eigenvalue weighted by Gasteiger charge is 2.30. The van der Waals surface area contributed by atoms with E-state index in [9.17, 15) is 19.5 Å². The molecular weight excluding hydrogens is 420 g/mol. The third-order valence-electron chi connectivity index (χ3n) is 5.68. The molecule has 0 saturated carbocycles. The van der Waals surface area contributed by atoms with E-state index in [-0.39, 0.29) is 41.0 Å². The van der Waals surface area contributed by atoms with Crippen molar-refractivity contribution in [2.45, 2.75) is 19.0 Å². The van der Waals surface area contributed by atoms with Gasteiger partial charge in [-0.05, 0) is 42.8 Å². The van der Waals surface area contributed by atoms with Crippen LogP contribution in [0.5, 0.6) is 5.75 Å². The number of amides is 2. The average Bonchev–Trinajstić information content (AvgIpc) is 3.27. The molecule has 3 aromatic rings. The first kappa shape index (κ1) is 22.2. The van der Waals surface area contributed by atoms with Gasteiger partial charge in [0.1, 0.15) is 5.75 Å². The minimum atomic E-state index is -0.318. The number of phenolic OH excluding ortho intramolecular Hbond substituents is 1. The number of pyridine rings is 1. The lowest BCUT2D eigenvalue weighted by molar-refractivity contribution is 0.0896. The minimum absolute atomic E-state index is 0.0436. The second kappa shape index (κ2) is 9.62. The number of rotatable bonds is 6. The number of benzene rings is 2. The molecule has 2 heterocycles. The molecule has 1 unspecified atom stereocenters. The zero-order chi connectivity index (χ0) is 23.4. The van der Waals surface area contributed by atoms with E-state index in [1.165, 1.54) is 0 Å². The number of hydrogen-bond acceptors (Lipinski definition) is 6. The number of ketones is 1. The molecule has 8 heteroatoms. The summed E-state index contributed by atoms with van der Waals surface area (Å²) in [6, 6.07) is 14.0. The Labute approximate surface area is 191 Å². The van der Waals surface area contributed by atoms with Crippen molar-refractivity contribution < 1.29 is 19.5 Å². The van der Waals surface area contributed by atoms with Crippen molar-refractivity contribution >= 4 is 17.6 Å². The lowest BCUT2D eigenvalue weighted by Crippen LogP contribution is -2.51. The van der Waals surface area contributed by atoms with Gasteiger partial charge in [0, 0.05) is 42.2 Å². The fraction of sp³-hybridized carbons (Fsp3) is 0.200. The zero-order valence-electron chi connectivity index (χ0n) is 18.0. The van der Waals surface area contributed by atoms with Crippen LogP contribution in [0.1, 0.15) is 42.2 Å². The first-order chi connectivity index (χ1) is 15.9. The van der Waals surface area contributed by atoms with Crippen LogP contribution in [0.3, 0.4) is 0 Å². The Hall–Kier alpha value is -4.04. The normalized spacial score (nSPS) is 17.4. The van der Waals surface area contributed by atoms with Crippen LogP contribution in [0, 0.1) is 6.92 Å². The van der Waals surface area contributed by atoms with Gasteiger partial charge in [-0.1, -0.05) is 24.3 Å². The average molecular weight is 444 g/mol. The molecule has 2 atom stereocenters. The zero-order valence-corrected chi connectivity index (χ0v) is 18.0. The van der Waals surface area contributed by atoms with Crippen molar-refractivity contribution in [2.24, 2.45) is 0 Å². The Kier molecular flexibility index (Phi) is 6.46. The third kappa shape index (κ3) is 4.91. The Morgan fingerprint density at radius 1 is 0.848 bits per heavy atom. The summed E-state index contributed by atoms with van der Waals surface area (Å²) >= 11 is 0. The van der Waals surface area contributed by atoms with Gasteiger partial charge >= 0.3 is 0 Å². The number of aromatic hydroxyl groups is 1. The van der Waals surface area contributed by atoms with Crippen LogP contribution >= 0.6 is 0 Å². The number of aromatic nitrogens is 1. The Balaban J connectivity index is 1.40. The Morgan fingerprint density at radius 3 is 2.00 bits per heavy atom. The van der Waals surface area contributed by atoms with Crippen LogP contribution in [-0.2, 0) is 0 Å². The van der Waals surface area contributed by atoms with E-state index in [0.29, 0.717) is 35.3 Å². The van der Waals surface area contributed by atoms with Crippen LogP contribution in [0.4, 0.5) is 0 Å². The van der Waals surface area contributed by atoms with Gasteiger partial charge in [-0.3, -0.25) is 19.4 Å². The highest BCUT2D eigenvalue weighted by atomic mass is 16.3. The predicted octanol–water partition coefficient (Wildman–Crippen LogP) is 1.83. The molecule has 33 heavy (non-hydrogen) atoms. The lowest BCUT2D eigenvalue weighted by atomic mass is 9.99. The van der Waals surface area contributed by atoms with Crippen molar-refractivity contribution in [1.82, 2.24) is 20.9 Å². The van der Waals surface area contributed by atoms with Crippen LogP contribution in [0.15, 0.2) is 67.0 Å². The number of para-hydroxylation sites is 1. The number of nitrogens with zero attached hydrogens (tertiary/aromatic N) is 1. The molecule has 2 aromatic carbocycles. The molecule has 1 aliphatic heterocycles. The summed E-state index contributed by atoms with van der Waals surface area (Å²) in [7, 11) is 0. The third-order valence-corrected chi connectivity index (χ3v) is 5.68. The molecule has 1 saturated heterocycles. The predicted molar refractivity (Wildman–Crippen MR) is 122 cm³/mol. The highest BCUT2D eigenvalue weighted by molar-refractivity contribution is 6.11. The second-order valence-electron chi connectivity index (χ2n) is 7.93. The van der Waals surface area contributed by atoms with E-state index < -0.39 is 0 Å². The maximum absolute atomic E-state index is 12.8. The molecule has 1 fully saturated rings. The maximum atomic E-state index is 12.8. The van der Waals surface area contributed by atoms with Crippen molar-refractivity contribution in [1.29, 1.82) is 0 Å². The van der Waals surface area contributed by atoms with Gasteiger partial charge in [0.25, 0.3) is 11.8 Å². The summed E-state index contributed by atoms with van der Waals surface area (Å²) in [5.41, 5.74) is 2.11. The molecule has 4 N–H and O–H groups in total. The molecule has 1 aliphatic rings. The fourth-order valence-corrected chi connectivity index (χ4v) is 3.76. The molecule has 1 aromatic heterocycles. The second-order valence-corrected chi connectivity index (χ2v) is 7.93. The quantitative estimate of drug-likeness (QED) is 0.431. The molecule has 2 amide bonds. The standard InChI is InChI=1S/C25H24N4O4/c1-15-3-2-4-19(22(15)30)23(31)16-5-7-17(8-6-16)24(32)28-20-13-27-14-21(20)29-25(33)18-9-11-26-12-10-18/h2-12,20-21,27,30H,13-14H2,1H3,(H,28,32)(H,29,33)/t20?,21-/m1/s1. The van der Waals surface area contributed by atoms with E-state index in [4.69, 9.17) is 0 Å². The highest BCUT2D eigenvalue weighted by Crippen LogP contribution is 2.24. The number of hydrogen-bond donors (Lipinski definition) is 4. The van der Waals surface area contributed by atoms with E-state index in [1.54, 1.807) is 73.9 Å². The van der Waals surface area contributed by atoms with Crippen molar-refractivity contribution in [3.05, 3.63) is 94.8 Å². The molecule has 4 rings (SSSR count). The van der Waals surface area contributed by atoms with Crippen LogP contribution in [0.2, 0.25) is 0 Å². The van der Waals surface area contributed by atoms with Gasteiger partial charge in [-0.2, -0.15) is 0 Å². The lowest BCUT2D eigenvalue weighted by Gasteiger charge is -2.21. The number of carbonyl (C=O) groups is 3. The van der Waals surface area contributed by atoms with Gasteiger partial charge in [-0.15, -0.1) is 0 Å². The summed E-state index contributed by atoms with van der Waals surface area (Å²) in [5, 5.41) is 19.2. The SMILES string of the molecule is Cc1cccc(C(=O)c2ccc(C(=O)NC3CNC[C@H]3NC(=O)c3ccncc3)cc2)c1O. The van der Waals surface area contributed by atoms with Gasteiger partial charge in [-0.25, -0.2) is 0 Å². The number of aryl methyl sites for hydroxylation is 1. The minimum Gasteiger partial charge on any atom is -0.507 e. The topological polar surface area (TPSA) is 120 Å². The largest absolute Gasteiger partial charge is 0.507 e. The molecule has 8 nitrogen and oxygen atoms in total.